The molecular weight excluding hydrogens is 721 g/mol. The summed E-state index contributed by atoms with van der Waals surface area (Å²) in [6, 6.07) is 10.7. The Morgan fingerprint density at radius 2 is 1.58 bits per heavy atom. The standard InChI is InChI=1S/C42H48N4O8S/c1-26-15-17-33-30(21-26)41(2,3)35(45(33)19-11-7-9-13-37(47)48)23-28-39(32(25-43)44-6)29(40(28)51)24-36-42(4,5)31-22-27(55(52,53)54)16-18-34(31)46(36)20-12-8-10-14-38(49)50/h15-18,21-24,43H,6-14,19-20H2,1-5H3,(H2-,47,48,49,50,52,53,54)/p+1. The number of hydrogen-bond donors (Lipinski definition) is 4. The predicted molar refractivity (Wildman–Crippen MR) is 212 cm³/mol. The van der Waals surface area contributed by atoms with Gasteiger partial charge in [0.15, 0.2) is 11.5 Å². The van der Waals surface area contributed by atoms with Gasteiger partial charge in [-0.05, 0) is 83.0 Å². The number of aliphatic carboxylic acids is 2. The second kappa shape index (κ2) is 15.9. The quantitative estimate of drug-likeness (QED) is 0.0423. The largest absolute Gasteiger partial charge is 0.481 e. The van der Waals surface area contributed by atoms with Gasteiger partial charge in [-0.25, -0.2) is 0 Å². The number of carboxylic acids is 2. The van der Waals surface area contributed by atoms with Crippen molar-refractivity contribution in [2.45, 2.75) is 102 Å². The second-order valence-electron chi connectivity index (χ2n) is 15.4. The van der Waals surface area contributed by atoms with Gasteiger partial charge in [-0.15, -0.1) is 0 Å². The zero-order valence-electron chi connectivity index (χ0n) is 32.0. The molecule has 0 amide bonds. The number of benzene rings is 2. The topological polar surface area (TPSA) is 188 Å². The number of nitrogens with zero attached hydrogens (tertiary/aromatic N) is 3. The van der Waals surface area contributed by atoms with Gasteiger partial charge in [-0.1, -0.05) is 38.0 Å². The molecule has 3 aliphatic rings. The van der Waals surface area contributed by atoms with Gasteiger partial charge < -0.3 is 15.1 Å². The van der Waals surface area contributed by atoms with E-state index >= 15 is 0 Å². The molecule has 2 aromatic carbocycles. The molecule has 2 heterocycles. The maximum Gasteiger partial charge on any atom is 0.303 e. The maximum absolute atomic E-state index is 14.4. The van der Waals surface area contributed by atoms with Crippen molar-refractivity contribution < 1.29 is 42.1 Å². The average Bonchev–Trinajstić information content (AvgIpc) is 3.45. The van der Waals surface area contributed by atoms with Crippen LogP contribution in [0.5, 0.6) is 0 Å². The lowest BCUT2D eigenvalue weighted by molar-refractivity contribution is -0.438. The summed E-state index contributed by atoms with van der Waals surface area (Å²) < 4.78 is 36.2. The van der Waals surface area contributed by atoms with Crippen molar-refractivity contribution >= 4 is 57.5 Å². The molecule has 13 heteroatoms. The lowest BCUT2D eigenvalue weighted by atomic mass is 9.74. The Kier molecular flexibility index (Phi) is 11.8. The number of fused-ring (bicyclic) bond motifs is 2. The number of carboxylic acid groups (broad SMARTS) is 2. The van der Waals surface area contributed by atoms with Gasteiger partial charge in [-0.3, -0.25) is 29.3 Å². The molecule has 0 radical (unpaired) electrons. The molecule has 12 nitrogen and oxygen atoms in total. The first-order chi connectivity index (χ1) is 25.8. The molecular formula is C42H49N4O8S+. The van der Waals surface area contributed by atoms with Gasteiger partial charge >= 0.3 is 11.9 Å². The van der Waals surface area contributed by atoms with Crippen LogP contribution in [-0.2, 0) is 35.3 Å². The number of hydrogen-bond acceptors (Lipinski definition) is 8. The molecule has 0 atom stereocenters. The number of ketones is 1. The first kappa shape index (κ1) is 40.9. The van der Waals surface area contributed by atoms with E-state index in [0.717, 1.165) is 35.4 Å². The van der Waals surface area contributed by atoms with Crippen LogP contribution in [0.2, 0.25) is 0 Å². The minimum absolute atomic E-state index is 0.0400. The molecule has 0 fully saturated rings. The number of carbonyl (C=O) groups excluding carboxylic acids is 1. The molecule has 55 heavy (non-hydrogen) atoms. The molecule has 0 saturated heterocycles. The summed E-state index contributed by atoms with van der Waals surface area (Å²) in [5.74, 6) is 0.382. The third-order valence-corrected chi connectivity index (χ3v) is 11.7. The highest BCUT2D eigenvalue weighted by molar-refractivity contribution is 7.85. The van der Waals surface area contributed by atoms with E-state index in [4.69, 9.17) is 15.6 Å². The molecule has 0 bridgehead atoms. The van der Waals surface area contributed by atoms with E-state index < -0.39 is 32.9 Å². The van der Waals surface area contributed by atoms with Crippen molar-refractivity contribution in [1.29, 1.82) is 5.41 Å². The molecule has 2 aromatic rings. The molecule has 1 aliphatic carbocycles. The number of carbonyl (C=O) groups is 3. The summed E-state index contributed by atoms with van der Waals surface area (Å²) in [7, 11) is -4.51. The minimum Gasteiger partial charge on any atom is -0.481 e. The Hall–Kier alpha value is -5.23. The summed E-state index contributed by atoms with van der Waals surface area (Å²) in [6.45, 7) is 14.8. The van der Waals surface area contributed by atoms with Crippen LogP contribution in [0.4, 0.5) is 11.4 Å². The Bertz CT molecular complexity index is 2270. The average molecular weight is 770 g/mol. The number of Topliss-reactive ketones (excluding diaryl/α,β-unsaturated/α-hetero) is 1. The first-order valence-electron chi connectivity index (χ1n) is 18.4. The molecule has 290 valence electrons. The lowest BCUT2D eigenvalue weighted by Gasteiger charge is -2.30. The monoisotopic (exact) mass is 769 g/mol. The number of allylic oxidation sites excluding steroid dienone is 5. The Balaban J connectivity index is 1.64. The van der Waals surface area contributed by atoms with Crippen LogP contribution in [0.3, 0.4) is 0 Å². The fourth-order valence-corrected chi connectivity index (χ4v) is 8.40. The van der Waals surface area contributed by atoms with E-state index in [1.165, 1.54) is 12.1 Å². The maximum atomic E-state index is 14.4. The zero-order chi connectivity index (χ0) is 40.5. The zero-order valence-corrected chi connectivity index (χ0v) is 32.8. The summed E-state index contributed by atoms with van der Waals surface area (Å²) in [5, 5.41) is 26.4. The Labute approximate surface area is 322 Å². The summed E-state index contributed by atoms with van der Waals surface area (Å²) in [5.41, 5.74) is 5.87. The molecule has 0 aromatic heterocycles. The molecule has 2 aliphatic heterocycles. The number of aliphatic imine (C=N–C) groups is 1. The van der Waals surface area contributed by atoms with E-state index in [-0.39, 0.29) is 29.2 Å². The van der Waals surface area contributed by atoms with Crippen LogP contribution in [0.25, 0.3) is 0 Å². The van der Waals surface area contributed by atoms with Crippen molar-refractivity contribution in [1.82, 2.24) is 0 Å². The van der Waals surface area contributed by atoms with Crippen molar-refractivity contribution in [2.75, 3.05) is 18.0 Å². The van der Waals surface area contributed by atoms with Crippen molar-refractivity contribution in [3.8, 4) is 0 Å². The van der Waals surface area contributed by atoms with Gasteiger partial charge in [0.2, 0.25) is 5.69 Å². The molecule has 4 N–H and O–H groups in total. The van der Waals surface area contributed by atoms with Crippen LogP contribution < -0.4 is 4.90 Å². The highest BCUT2D eigenvalue weighted by Crippen LogP contribution is 2.50. The highest BCUT2D eigenvalue weighted by Gasteiger charge is 2.48. The third kappa shape index (κ3) is 8.10. The van der Waals surface area contributed by atoms with E-state index in [1.54, 1.807) is 12.1 Å². The fraction of sp³-hybridized carbons (Fsp3) is 0.405. The fourth-order valence-electron chi connectivity index (χ4n) is 7.89. The Morgan fingerprint density at radius 3 is 2.18 bits per heavy atom. The van der Waals surface area contributed by atoms with Gasteiger partial charge in [0.05, 0.1) is 10.3 Å². The van der Waals surface area contributed by atoms with Gasteiger partial charge in [0.25, 0.3) is 10.1 Å². The summed E-state index contributed by atoms with van der Waals surface area (Å²) in [6.07, 6.45) is 7.50. The highest BCUT2D eigenvalue weighted by atomic mass is 32.2. The number of anilines is 1. The predicted octanol–water partition coefficient (Wildman–Crippen LogP) is 7.23. The summed E-state index contributed by atoms with van der Waals surface area (Å²) >= 11 is 0. The number of unbranched alkanes of at least 4 members (excludes halogenated alkanes) is 4. The van der Waals surface area contributed by atoms with Gasteiger partial charge in [0.1, 0.15) is 12.2 Å². The molecule has 0 unspecified atom stereocenters. The van der Waals surface area contributed by atoms with Crippen LogP contribution in [-0.4, -0.2) is 76.9 Å². The molecule has 0 spiro atoms. The van der Waals surface area contributed by atoms with Crippen LogP contribution in [0, 0.1) is 12.3 Å². The Morgan fingerprint density at radius 1 is 0.927 bits per heavy atom. The number of rotatable bonds is 17. The van der Waals surface area contributed by atoms with Crippen molar-refractivity contribution in [2.24, 2.45) is 4.99 Å². The van der Waals surface area contributed by atoms with Crippen molar-refractivity contribution in [3.05, 3.63) is 93.4 Å². The van der Waals surface area contributed by atoms with E-state index in [1.807, 2.05) is 37.5 Å². The SMILES string of the molecule is C=NC(=C=N)C1=C(C=C2N(CCCCCC(=O)O)c3ccc(C)cc3C2(C)C)C(=O)C1=CC1=[N+](CCCCCC(=O)O)c2ccc(S(=O)(=O)O)cc2C1(C)C. The van der Waals surface area contributed by atoms with Crippen LogP contribution in [0.1, 0.15) is 95.8 Å². The van der Waals surface area contributed by atoms with E-state index in [9.17, 15) is 27.4 Å². The van der Waals surface area contributed by atoms with Crippen LogP contribution in [0.15, 0.2) is 86.6 Å². The number of aryl methyl sites for hydroxylation is 1. The normalized spacial score (nSPS) is 18.4. The summed E-state index contributed by atoms with van der Waals surface area (Å²) in [4.78, 5) is 42.7. The smallest absolute Gasteiger partial charge is 0.303 e. The second-order valence-corrected chi connectivity index (χ2v) is 16.8. The first-order valence-corrected chi connectivity index (χ1v) is 19.9. The van der Waals surface area contributed by atoms with E-state index in [0.29, 0.717) is 72.5 Å². The van der Waals surface area contributed by atoms with E-state index in [2.05, 4.69) is 48.5 Å². The lowest BCUT2D eigenvalue weighted by Crippen LogP contribution is -2.32. The van der Waals surface area contributed by atoms with Gasteiger partial charge in [-0.2, -0.15) is 13.0 Å². The van der Waals surface area contributed by atoms with Gasteiger partial charge in [0, 0.05) is 82.9 Å². The van der Waals surface area contributed by atoms with Crippen molar-refractivity contribution in [3.63, 3.8) is 0 Å². The molecule has 0 saturated carbocycles. The van der Waals surface area contributed by atoms with Crippen LogP contribution >= 0.6 is 0 Å². The minimum atomic E-state index is -4.51. The third-order valence-electron chi connectivity index (χ3n) is 10.9. The molecule has 5 rings (SSSR count). The number of nitrogens with one attached hydrogen (secondary N) is 1.